The lowest BCUT2D eigenvalue weighted by Gasteiger charge is -1.93. The molecule has 5 aromatic rings. The van der Waals surface area contributed by atoms with Gasteiger partial charge >= 0.3 is 0 Å². The Morgan fingerprint density at radius 3 is 2.79 bits per heavy atom. The van der Waals surface area contributed by atoms with Crippen molar-refractivity contribution in [2.75, 3.05) is 0 Å². The van der Waals surface area contributed by atoms with E-state index in [1.165, 1.54) is 0 Å². The number of nitrogens with one attached hydrogen (secondary N) is 2. The highest BCUT2D eigenvalue weighted by molar-refractivity contribution is 6.13. The highest BCUT2D eigenvalue weighted by Gasteiger charge is 2.19. The smallest absolute Gasteiger partial charge is 0.214 e. The zero-order chi connectivity index (χ0) is 16.3. The molecule has 0 aliphatic heterocycles. The maximum absolute atomic E-state index is 12.9. The molecule has 5 nitrogen and oxygen atoms in total. The van der Waals surface area contributed by atoms with Crippen molar-refractivity contribution in [2.45, 2.75) is 6.92 Å². The highest BCUT2D eigenvalue weighted by atomic mass is 16.1. The number of para-hydroxylation sites is 1. The zero-order valence-corrected chi connectivity index (χ0v) is 13.0. The molecule has 0 bridgehead atoms. The first-order valence-electron chi connectivity index (χ1n) is 7.79. The van der Waals surface area contributed by atoms with Crippen molar-refractivity contribution in [1.29, 1.82) is 0 Å². The van der Waals surface area contributed by atoms with E-state index in [9.17, 15) is 4.79 Å². The Bertz CT molecular complexity index is 1210. The largest absolute Gasteiger partial charge is 0.352 e. The molecule has 2 N–H and O–H groups in total. The number of carbonyl (C=O) groups excluding carboxylic acids is 1. The first-order chi connectivity index (χ1) is 11.7. The van der Waals surface area contributed by atoms with Gasteiger partial charge in [-0.15, -0.1) is 0 Å². The van der Waals surface area contributed by atoms with Crippen LogP contribution in [0.25, 0.3) is 27.6 Å². The molecule has 0 atom stereocenters. The van der Waals surface area contributed by atoms with Gasteiger partial charge in [0.15, 0.2) is 0 Å². The van der Waals surface area contributed by atoms with Crippen LogP contribution in [-0.4, -0.2) is 25.4 Å². The van der Waals surface area contributed by atoms with Crippen LogP contribution in [-0.2, 0) is 0 Å². The van der Waals surface area contributed by atoms with E-state index in [4.69, 9.17) is 0 Å². The third-order valence-electron chi connectivity index (χ3n) is 4.42. The lowest BCUT2D eigenvalue weighted by molar-refractivity contribution is 0.103. The summed E-state index contributed by atoms with van der Waals surface area (Å²) in [7, 11) is 0. The summed E-state index contributed by atoms with van der Waals surface area (Å²) in [6, 6.07) is 15.9. The van der Waals surface area contributed by atoms with Crippen molar-refractivity contribution in [2.24, 2.45) is 0 Å². The molecule has 0 amide bonds. The Labute approximate surface area is 136 Å². The minimum absolute atomic E-state index is 0.0653. The normalized spacial score (nSPS) is 11.7. The molecule has 5 rings (SSSR count). The Morgan fingerprint density at radius 1 is 1.04 bits per heavy atom. The molecule has 0 radical (unpaired) electrons. The molecule has 0 saturated carbocycles. The van der Waals surface area contributed by atoms with Crippen LogP contribution in [0.3, 0.4) is 0 Å². The molecule has 24 heavy (non-hydrogen) atoms. The van der Waals surface area contributed by atoms with Crippen LogP contribution in [0, 0.1) is 6.92 Å². The number of nitrogens with zero attached hydrogens (tertiary/aromatic N) is 2. The maximum atomic E-state index is 12.9. The molecule has 116 valence electrons. The summed E-state index contributed by atoms with van der Waals surface area (Å²) in [4.78, 5) is 19.4. The summed E-state index contributed by atoms with van der Waals surface area (Å²) < 4.78 is 1.78. The van der Waals surface area contributed by atoms with Gasteiger partial charge in [-0.25, -0.2) is 4.52 Å². The third-order valence-corrected chi connectivity index (χ3v) is 4.42. The maximum Gasteiger partial charge on any atom is 0.214 e. The van der Waals surface area contributed by atoms with Gasteiger partial charge in [-0.3, -0.25) is 4.79 Å². The van der Waals surface area contributed by atoms with Gasteiger partial charge in [0, 0.05) is 10.9 Å². The number of rotatable bonds is 2. The van der Waals surface area contributed by atoms with Gasteiger partial charge in [0.05, 0.1) is 28.5 Å². The summed E-state index contributed by atoms with van der Waals surface area (Å²) in [5.41, 5.74) is 5.91. The minimum Gasteiger partial charge on any atom is -0.352 e. The van der Waals surface area contributed by atoms with Gasteiger partial charge in [0.25, 0.3) is 0 Å². The quantitative estimate of drug-likeness (QED) is 0.486. The van der Waals surface area contributed by atoms with Crippen LogP contribution in [0.4, 0.5) is 0 Å². The van der Waals surface area contributed by atoms with E-state index in [0.717, 1.165) is 33.1 Å². The van der Waals surface area contributed by atoms with Crippen molar-refractivity contribution in [3.63, 3.8) is 0 Å². The monoisotopic (exact) mass is 314 g/mol. The second-order valence-corrected chi connectivity index (χ2v) is 6.06. The van der Waals surface area contributed by atoms with E-state index >= 15 is 0 Å². The fraction of sp³-hybridized carbons (Fsp3) is 0.0526. The van der Waals surface area contributed by atoms with Gasteiger partial charge in [-0.1, -0.05) is 24.3 Å². The minimum atomic E-state index is -0.0653. The fourth-order valence-corrected chi connectivity index (χ4v) is 3.22. The average molecular weight is 314 g/mol. The molecule has 0 aliphatic carbocycles. The Hall–Kier alpha value is -3.34. The van der Waals surface area contributed by atoms with Gasteiger partial charge in [0.1, 0.15) is 5.65 Å². The summed E-state index contributed by atoms with van der Waals surface area (Å²) in [5, 5.41) is 5.41. The van der Waals surface area contributed by atoms with Crippen molar-refractivity contribution in [3.05, 3.63) is 71.5 Å². The number of carbonyl (C=O) groups is 1. The first kappa shape index (κ1) is 13.1. The lowest BCUT2D eigenvalue weighted by atomic mass is 10.1. The number of aryl methyl sites for hydroxylation is 1. The number of imidazole rings is 1. The van der Waals surface area contributed by atoms with E-state index in [0.29, 0.717) is 11.3 Å². The molecular formula is C19H14N4O. The molecule has 2 aromatic carbocycles. The molecule has 3 aromatic heterocycles. The Kier molecular flexibility index (Phi) is 2.51. The molecule has 0 fully saturated rings. The van der Waals surface area contributed by atoms with Gasteiger partial charge in [0.2, 0.25) is 5.78 Å². The van der Waals surface area contributed by atoms with Crippen LogP contribution < -0.4 is 0 Å². The number of H-pyrrole nitrogens is 2. The number of hydrogen-bond acceptors (Lipinski definition) is 2. The number of benzene rings is 2. The number of hydrogen-bond donors (Lipinski definition) is 2. The first-order valence-corrected chi connectivity index (χ1v) is 7.79. The van der Waals surface area contributed by atoms with E-state index < -0.39 is 0 Å². The topological polar surface area (TPSA) is 66.0 Å². The average Bonchev–Trinajstić information content (AvgIpc) is 3.26. The number of aromatic amines is 2. The molecule has 0 spiro atoms. The molecule has 0 unspecified atom stereocenters. The van der Waals surface area contributed by atoms with Crippen LogP contribution in [0.15, 0.2) is 54.7 Å². The second kappa shape index (κ2) is 4.58. The summed E-state index contributed by atoms with van der Waals surface area (Å²) in [5.74, 6) is -0.0653. The Morgan fingerprint density at radius 2 is 1.92 bits per heavy atom. The highest BCUT2D eigenvalue weighted by Crippen LogP contribution is 2.23. The predicted molar refractivity (Wildman–Crippen MR) is 93.5 cm³/mol. The molecule has 0 aliphatic rings. The molecule has 5 heteroatoms. The van der Waals surface area contributed by atoms with E-state index in [1.54, 1.807) is 10.7 Å². The van der Waals surface area contributed by atoms with Crippen molar-refractivity contribution in [1.82, 2.24) is 19.6 Å². The van der Waals surface area contributed by atoms with Gasteiger partial charge in [-0.2, -0.15) is 5.10 Å². The van der Waals surface area contributed by atoms with Crippen molar-refractivity contribution < 1.29 is 4.79 Å². The van der Waals surface area contributed by atoms with Crippen molar-refractivity contribution in [3.8, 4) is 0 Å². The van der Waals surface area contributed by atoms with Crippen molar-refractivity contribution >= 4 is 33.4 Å². The summed E-state index contributed by atoms with van der Waals surface area (Å²) in [6.07, 6.45) is 1.62. The van der Waals surface area contributed by atoms with Gasteiger partial charge in [-0.05, 0) is 36.8 Å². The number of aromatic nitrogens is 4. The predicted octanol–water partition coefficient (Wildman–Crippen LogP) is 3.84. The third kappa shape index (κ3) is 1.75. The zero-order valence-electron chi connectivity index (χ0n) is 13.0. The molecule has 3 heterocycles. The lowest BCUT2D eigenvalue weighted by Crippen LogP contribution is -2.01. The van der Waals surface area contributed by atoms with Crippen LogP contribution >= 0.6 is 0 Å². The van der Waals surface area contributed by atoms with Gasteiger partial charge < -0.3 is 9.97 Å². The SMILES string of the molecule is Cc1ccc2c(c1)[nH]c1c(C(=O)c3cc4ccccc4[nH]3)cnn12. The fourth-order valence-electron chi connectivity index (χ4n) is 3.22. The van der Waals surface area contributed by atoms with Crippen LogP contribution in [0.2, 0.25) is 0 Å². The molecular weight excluding hydrogens is 300 g/mol. The van der Waals surface area contributed by atoms with Crippen LogP contribution in [0.1, 0.15) is 21.6 Å². The van der Waals surface area contributed by atoms with E-state index in [1.807, 2.05) is 49.4 Å². The number of fused-ring (bicyclic) bond motifs is 4. The Balaban J connectivity index is 1.70. The van der Waals surface area contributed by atoms with E-state index in [-0.39, 0.29) is 5.78 Å². The van der Waals surface area contributed by atoms with E-state index in [2.05, 4.69) is 21.1 Å². The summed E-state index contributed by atoms with van der Waals surface area (Å²) >= 11 is 0. The second-order valence-electron chi connectivity index (χ2n) is 6.06. The standard InChI is InChI=1S/C19H14N4O/c1-11-6-7-17-15(8-11)22-19-13(10-20-23(17)19)18(24)16-9-12-4-2-3-5-14(12)21-16/h2-10,21-22H,1H3. The van der Waals surface area contributed by atoms with Crippen LogP contribution in [0.5, 0.6) is 0 Å². The number of ketones is 1. The summed E-state index contributed by atoms with van der Waals surface area (Å²) in [6.45, 7) is 2.04. The molecule has 0 saturated heterocycles.